The molecule has 0 saturated heterocycles. The van der Waals surface area contributed by atoms with Gasteiger partial charge in [-0.2, -0.15) is 0 Å². The molecular weight excluding hydrogens is 210 g/mol. The molecule has 0 saturated carbocycles. The molecule has 0 aliphatic rings. The van der Waals surface area contributed by atoms with E-state index in [0.717, 1.165) is 5.82 Å². The first-order chi connectivity index (χ1) is 4.61. The maximum Gasteiger partial charge on any atom is 1.00 e. The van der Waals surface area contributed by atoms with Crippen molar-refractivity contribution in [3.05, 3.63) is 24.3 Å². The topological polar surface area (TPSA) is 25.8 Å². The van der Waals surface area contributed by atoms with E-state index in [-0.39, 0.29) is 63.6 Å². The summed E-state index contributed by atoms with van der Waals surface area (Å²) in [6.45, 7) is 6.26. The number of aromatic nitrogens is 2. The number of hydrogen-bond acceptors (Lipinski definition) is 2. The number of hydrogen-bond donors (Lipinski definition) is 0. The molecule has 11 heavy (non-hydrogen) atoms. The third kappa shape index (κ3) is 3.88. The van der Waals surface area contributed by atoms with Crippen molar-refractivity contribution in [3.63, 3.8) is 0 Å². The van der Waals surface area contributed by atoms with Crippen molar-refractivity contribution < 1.29 is 58.2 Å². The predicted octanol–water partition coefficient (Wildman–Crippen LogP) is -1.42. The number of rotatable bonds is 0. The van der Waals surface area contributed by atoms with Gasteiger partial charge in [0.05, 0.1) is 0 Å². The van der Waals surface area contributed by atoms with Crippen LogP contribution in [0, 0.1) is 6.07 Å². The van der Waals surface area contributed by atoms with Gasteiger partial charge in [0.25, 0.3) is 0 Å². The summed E-state index contributed by atoms with van der Waals surface area (Å²) in [5, 5.41) is 0. The quantitative estimate of drug-likeness (QED) is 0.502. The Balaban J connectivity index is 0.000001000. The van der Waals surface area contributed by atoms with E-state index in [1.165, 1.54) is 0 Å². The molecule has 0 N–H and O–H groups in total. The van der Waals surface area contributed by atoms with E-state index >= 15 is 0 Å². The second-order valence-electron chi connectivity index (χ2n) is 3.26. The molecule has 2 nitrogen and oxygen atoms in total. The Labute approximate surface area is 117 Å². The Hall–Kier alpha value is 0.885. The number of nitrogens with zero attached hydrogens (tertiary/aromatic N) is 2. The minimum absolute atomic E-state index is 0. The van der Waals surface area contributed by atoms with Gasteiger partial charge in [-0.1, -0.05) is 20.8 Å². The maximum atomic E-state index is 4.08. The van der Waals surface area contributed by atoms with Gasteiger partial charge >= 0.3 is 58.2 Å². The molecule has 0 fully saturated rings. The van der Waals surface area contributed by atoms with Crippen LogP contribution >= 0.6 is 0 Å². The van der Waals surface area contributed by atoms with Crippen molar-refractivity contribution in [3.8, 4) is 0 Å². The van der Waals surface area contributed by atoms with Gasteiger partial charge in [0.15, 0.2) is 0 Å². The molecule has 1 rings (SSSR count). The van der Waals surface area contributed by atoms with Crippen molar-refractivity contribution in [2.75, 3.05) is 0 Å². The van der Waals surface area contributed by atoms with Crippen LogP contribution in [0.15, 0.2) is 12.4 Å². The maximum absolute atomic E-state index is 4.08. The Morgan fingerprint density at radius 1 is 1.18 bits per heavy atom. The molecule has 0 unspecified atom stereocenters. The largest absolute Gasteiger partial charge is 1.00 e. The van der Waals surface area contributed by atoms with Crippen LogP contribution in [-0.4, -0.2) is 9.97 Å². The third-order valence-electron chi connectivity index (χ3n) is 1.19. The van der Waals surface area contributed by atoms with Crippen molar-refractivity contribution in [1.82, 2.24) is 9.97 Å². The zero-order valence-corrected chi connectivity index (χ0v) is 12.5. The fourth-order valence-electron chi connectivity index (χ4n) is 0.651. The molecule has 0 aliphatic heterocycles. The van der Waals surface area contributed by atoms with Gasteiger partial charge in [-0.15, -0.1) is 12.4 Å². The molecule has 54 valence electrons. The van der Waals surface area contributed by atoms with Gasteiger partial charge in [0.2, 0.25) is 0 Å². The van der Waals surface area contributed by atoms with E-state index in [4.69, 9.17) is 0 Å². The van der Waals surface area contributed by atoms with E-state index in [1.54, 1.807) is 12.4 Å². The van der Waals surface area contributed by atoms with E-state index in [9.17, 15) is 0 Å². The van der Waals surface area contributed by atoms with Crippen molar-refractivity contribution in [1.29, 1.82) is 0 Å². The van der Waals surface area contributed by atoms with E-state index in [2.05, 4.69) is 36.8 Å². The minimum Gasteiger partial charge on any atom is -0.434 e. The fraction of sp³-hybridized carbons (Fsp3) is 0.500. The summed E-state index contributed by atoms with van der Waals surface area (Å²) in [5.41, 5.74) is 0.0507. The van der Waals surface area contributed by atoms with Crippen LogP contribution in [0.4, 0.5) is 0 Å². The Kier molecular flexibility index (Phi) is 5.19. The summed E-state index contributed by atoms with van der Waals surface area (Å²) in [7, 11) is 0. The molecule has 3 heteroatoms. The SMILES string of the molecule is CC(C)(C)c1nc[c-]cn1.[Rb+]. The summed E-state index contributed by atoms with van der Waals surface area (Å²) in [6.07, 6.45) is 3.29. The summed E-state index contributed by atoms with van der Waals surface area (Å²) >= 11 is 0. The predicted molar refractivity (Wildman–Crippen MR) is 39.6 cm³/mol. The van der Waals surface area contributed by atoms with Crippen molar-refractivity contribution in [2.45, 2.75) is 26.2 Å². The van der Waals surface area contributed by atoms with Crippen LogP contribution in [-0.2, 0) is 5.41 Å². The molecule has 1 aromatic rings. The van der Waals surface area contributed by atoms with Gasteiger partial charge in [0, 0.05) is 5.41 Å². The third-order valence-corrected chi connectivity index (χ3v) is 1.19. The zero-order valence-electron chi connectivity index (χ0n) is 7.55. The van der Waals surface area contributed by atoms with Crippen molar-refractivity contribution in [2.24, 2.45) is 0 Å². The average molecular weight is 221 g/mol. The molecule has 0 aliphatic carbocycles. The Morgan fingerprint density at radius 3 is 1.91 bits per heavy atom. The molecular formula is C8H11N2Rb. The fourth-order valence-corrected chi connectivity index (χ4v) is 0.651. The minimum atomic E-state index is 0. The van der Waals surface area contributed by atoms with Crippen LogP contribution in [0.5, 0.6) is 0 Å². The summed E-state index contributed by atoms with van der Waals surface area (Å²) in [5.74, 6) is 0.867. The van der Waals surface area contributed by atoms with Gasteiger partial charge in [-0.3, -0.25) is 9.97 Å². The molecule has 0 bridgehead atoms. The smallest absolute Gasteiger partial charge is 0.434 e. The van der Waals surface area contributed by atoms with Gasteiger partial charge in [0.1, 0.15) is 5.82 Å². The second-order valence-corrected chi connectivity index (χ2v) is 3.26. The summed E-state index contributed by atoms with van der Waals surface area (Å²) < 4.78 is 0. The molecule has 1 heterocycles. The normalized spacial score (nSPS) is 10.5. The van der Waals surface area contributed by atoms with E-state index in [1.807, 2.05) is 0 Å². The summed E-state index contributed by atoms with van der Waals surface area (Å²) in [4.78, 5) is 8.17. The van der Waals surface area contributed by atoms with Crippen molar-refractivity contribution >= 4 is 0 Å². The van der Waals surface area contributed by atoms with Crippen LogP contribution in [0.2, 0.25) is 0 Å². The van der Waals surface area contributed by atoms with Gasteiger partial charge in [-0.05, 0) is 0 Å². The van der Waals surface area contributed by atoms with Crippen LogP contribution in [0.1, 0.15) is 26.6 Å². The van der Waals surface area contributed by atoms with Crippen LogP contribution in [0.25, 0.3) is 0 Å². The molecule has 0 spiro atoms. The Bertz CT molecular complexity index is 203. The molecule has 0 atom stereocenters. The van der Waals surface area contributed by atoms with E-state index in [0.29, 0.717) is 0 Å². The van der Waals surface area contributed by atoms with Gasteiger partial charge in [-0.25, -0.2) is 0 Å². The van der Waals surface area contributed by atoms with Crippen LogP contribution in [0.3, 0.4) is 0 Å². The second kappa shape index (κ2) is 4.80. The molecule has 0 radical (unpaired) electrons. The first-order valence-electron chi connectivity index (χ1n) is 3.29. The Morgan fingerprint density at radius 2 is 1.64 bits per heavy atom. The average Bonchev–Trinajstić information content (AvgIpc) is 1.88. The summed E-state index contributed by atoms with van der Waals surface area (Å²) in [6, 6.07) is 2.78. The standard InChI is InChI=1S/C8H11N2.Rb/c1-8(2,3)7-9-5-4-6-10-7;/h5-6H,1-3H3;/q-1;+1. The molecule has 0 amide bonds. The zero-order chi connectivity index (χ0) is 7.61. The van der Waals surface area contributed by atoms with Crippen LogP contribution < -0.4 is 58.2 Å². The molecule has 0 aromatic carbocycles. The van der Waals surface area contributed by atoms with E-state index < -0.39 is 0 Å². The monoisotopic (exact) mass is 220 g/mol. The first kappa shape index (κ1) is 11.9. The first-order valence-corrected chi connectivity index (χ1v) is 3.29. The molecule has 1 aromatic heterocycles. The van der Waals surface area contributed by atoms with Gasteiger partial charge < -0.3 is 6.07 Å².